The van der Waals surface area contributed by atoms with Crippen molar-refractivity contribution in [3.63, 3.8) is 0 Å². The predicted molar refractivity (Wildman–Crippen MR) is 445 cm³/mol. The van der Waals surface area contributed by atoms with Crippen LogP contribution in [0, 0.1) is 11.3 Å². The molecule has 1 saturated carbocycles. The van der Waals surface area contributed by atoms with E-state index in [1.54, 1.807) is 78.9 Å². The van der Waals surface area contributed by atoms with Gasteiger partial charge < -0.3 is 110 Å². The van der Waals surface area contributed by atoms with Crippen LogP contribution in [0.5, 0.6) is 0 Å². The fraction of sp³-hybridized carbons (Fsp3) is 0.506. The molecule has 4 aromatic rings. The number of thioether (sulfide) groups is 3. The Morgan fingerprint density at radius 3 is 1.84 bits per heavy atom. The van der Waals surface area contributed by atoms with Crippen LogP contribution in [0.1, 0.15) is 112 Å². The average molecular weight is 1750 g/mol. The van der Waals surface area contributed by atoms with Gasteiger partial charge in [-0.2, -0.15) is 35.3 Å². The van der Waals surface area contributed by atoms with E-state index >= 15 is 24.0 Å². The largest absolute Gasteiger partial charge is 0.481 e. The molecule has 0 unspecified atom stereocenters. The number of hydrogen-bond acceptors (Lipinski definition) is 23. The summed E-state index contributed by atoms with van der Waals surface area (Å²) >= 11 is 3.74. The molecule has 122 heavy (non-hydrogen) atoms. The quantitative estimate of drug-likeness (QED) is 0.0123. The van der Waals surface area contributed by atoms with E-state index in [1.807, 2.05) is 12.3 Å². The van der Waals surface area contributed by atoms with Gasteiger partial charge in [0.05, 0.1) is 30.5 Å². The van der Waals surface area contributed by atoms with E-state index in [2.05, 4.69) is 73.8 Å². The number of aromatic amines is 1. The molecule has 4 heterocycles. The molecule has 2 saturated heterocycles. The third kappa shape index (κ3) is 28.4. The first-order valence-electron chi connectivity index (χ1n) is 39.6. The second kappa shape index (κ2) is 46.2. The molecular weight excluding hydrogens is 1650 g/mol. The van der Waals surface area contributed by atoms with E-state index in [9.17, 15) is 78.0 Å². The first-order valence-corrected chi connectivity index (χ1v) is 43.3. The highest BCUT2D eigenvalue weighted by atomic mass is 32.2. The zero-order chi connectivity index (χ0) is 88.9. The van der Waals surface area contributed by atoms with Crippen LogP contribution in [-0.4, -0.2) is 274 Å². The van der Waals surface area contributed by atoms with E-state index in [-0.39, 0.29) is 93.3 Å². The minimum absolute atomic E-state index is 0.0105. The molecular formula is C79H105N19O21S3. The van der Waals surface area contributed by atoms with Gasteiger partial charge in [0.2, 0.25) is 82.7 Å². The number of imidazole rings is 1. The standard InChI is InChI=1S/C79H105N19O21S3/c1-42(99)63-73(114)88-51(23-24-61(101)102)66(107)90-55(32-45-16-8-5-9-17-45)69(110)92-57(39-121-37-46-18-10-19-47(30-46)38-122-40-58(93-67(108)52(25-29-120-3)86-43(2)100)74(115)98-28-13-22-60(98)75(116)97-27-12-21-59(97)72(113)95-63)71(112)96-79(35-49(79)76(117)118)77(119)94-56(33-48-36-83-41-85-48)70(111)91-54(31-44-14-6-4-7-15-44)68(109)87-50(20-11-26-84-78(81)82)65(106)89-53(64(80)105)34-62(103)104/h4-10,14-19,30,36,41-42,49-60,63,99H,11-13,20-29,31-35,37-40H2,1-3H3,(H2,80,105)(H,83,85)(H,86,100)(H,87,109)(H,88,114)(H,89,106)(H,90,107)(H,91,111)(H,92,110)(H,93,108)(H,94,119)(H,95,113)(H,96,112)(H,101,102)(H,103,104)(H,117,118)(H4,81,82,84)/t42-,49+,50+,51+,52+,53+,54-,55+,56+,57+,58+,59+,60+,63+,79-/m1/s1. The summed E-state index contributed by atoms with van der Waals surface area (Å²) in [5, 5.41) is 79.7. The summed E-state index contributed by atoms with van der Waals surface area (Å²) in [6.07, 6.45) is -0.526. The fourth-order valence-corrected chi connectivity index (χ4v) is 16.8. The van der Waals surface area contributed by atoms with Crippen molar-refractivity contribution in [2.45, 2.75) is 199 Å². The lowest BCUT2D eigenvalue weighted by Crippen LogP contribution is -2.63. The van der Waals surface area contributed by atoms with Crippen LogP contribution < -0.4 is 75.3 Å². The third-order valence-electron chi connectivity index (χ3n) is 20.7. The van der Waals surface area contributed by atoms with Crippen molar-refractivity contribution in [3.8, 4) is 0 Å². The van der Waals surface area contributed by atoms with Crippen LogP contribution in [0.3, 0.4) is 0 Å². The monoisotopic (exact) mass is 1750 g/mol. The molecule has 660 valence electrons. The number of amides is 14. The number of carboxylic acids is 3. The zero-order valence-corrected chi connectivity index (χ0v) is 69.8. The van der Waals surface area contributed by atoms with E-state index in [1.165, 1.54) is 52.8 Å². The number of rotatable bonds is 34. The lowest BCUT2D eigenvalue weighted by Gasteiger charge is -2.34. The molecule has 3 aliphatic heterocycles. The highest BCUT2D eigenvalue weighted by Gasteiger charge is 2.66. The van der Waals surface area contributed by atoms with Crippen molar-refractivity contribution >= 4 is 142 Å². The Morgan fingerprint density at radius 1 is 0.656 bits per heavy atom. The maximum atomic E-state index is 15.5. The maximum Gasteiger partial charge on any atom is 0.309 e. The minimum atomic E-state index is -2.43. The Balaban J connectivity index is 1.14. The van der Waals surface area contributed by atoms with Crippen molar-refractivity contribution in [2.75, 3.05) is 43.1 Å². The van der Waals surface area contributed by atoms with Gasteiger partial charge in [0.15, 0.2) is 5.96 Å². The molecule has 14 amide bonds. The highest BCUT2D eigenvalue weighted by Crippen LogP contribution is 2.44. The smallest absolute Gasteiger partial charge is 0.309 e. The van der Waals surface area contributed by atoms with Gasteiger partial charge in [-0.1, -0.05) is 84.9 Å². The van der Waals surface area contributed by atoms with E-state index in [0.29, 0.717) is 40.8 Å². The second-order valence-electron chi connectivity index (χ2n) is 30.1. The van der Waals surface area contributed by atoms with Crippen molar-refractivity contribution in [1.29, 1.82) is 5.41 Å². The van der Waals surface area contributed by atoms with Crippen LogP contribution in [0.25, 0.3) is 0 Å². The van der Waals surface area contributed by atoms with Gasteiger partial charge in [0.1, 0.15) is 78.0 Å². The van der Waals surface area contributed by atoms with Crippen LogP contribution >= 0.6 is 35.3 Å². The highest BCUT2D eigenvalue weighted by molar-refractivity contribution is 7.99. The van der Waals surface area contributed by atoms with Gasteiger partial charge in [0.25, 0.3) is 0 Å². The lowest BCUT2D eigenvalue weighted by molar-refractivity contribution is -0.148. The number of aromatic nitrogens is 2. The molecule has 0 spiro atoms. The van der Waals surface area contributed by atoms with Crippen molar-refractivity contribution in [2.24, 2.45) is 17.4 Å². The molecule has 1 aliphatic carbocycles. The number of aliphatic carboxylic acids is 3. The summed E-state index contributed by atoms with van der Waals surface area (Å²) < 4.78 is 0. The number of aliphatic hydroxyl groups excluding tert-OH is 1. The van der Waals surface area contributed by atoms with Gasteiger partial charge in [-0.15, -0.1) is 0 Å². The molecule has 8 rings (SSSR count). The number of aliphatic hydroxyl groups is 1. The fourth-order valence-electron chi connectivity index (χ4n) is 14.3. The SMILES string of the molecule is CSCC[C@H](NC(C)=O)C(=O)N[C@H]1CSCc2cccc(c2)CSC[C@@H](C(=O)N[C@]2(C(=O)N[C@@H](Cc3c[nH]cn3)C(=O)N[C@H](Cc3ccccc3)C(=O)N[C@@H](CCCNC(=N)N)C(=O)N[C@@H](CC(=O)O)C(N)=O)C[C@H]2C(=O)O)NC(=O)[C@H](Cc2ccccc2)NC(=O)[C@H](CCC(=O)O)NC(=O)[C@H]([C@@H](C)O)NC(=O)[C@@H]2CCCN2C(=O)[C@@H]2CCCN2C1=O. The molecule has 43 heteroatoms. The lowest BCUT2D eigenvalue weighted by atomic mass is 10.0. The summed E-state index contributed by atoms with van der Waals surface area (Å²) in [6.45, 7) is 2.51. The Kier molecular flexibility index (Phi) is 36.2. The molecule has 0 radical (unpaired) electrons. The molecule has 40 nitrogen and oxygen atoms in total. The van der Waals surface area contributed by atoms with Gasteiger partial charge >= 0.3 is 17.9 Å². The average Bonchev–Trinajstić information content (AvgIpc) is 1.57. The zero-order valence-electron chi connectivity index (χ0n) is 67.3. The van der Waals surface area contributed by atoms with Crippen molar-refractivity contribution < 1.29 is 102 Å². The summed E-state index contributed by atoms with van der Waals surface area (Å²) in [5.74, 6) is -20.0. The van der Waals surface area contributed by atoms with Crippen molar-refractivity contribution in [3.05, 3.63) is 125 Å². The summed E-state index contributed by atoms with van der Waals surface area (Å²) in [6, 6.07) is 4.60. The van der Waals surface area contributed by atoms with Crippen molar-refractivity contribution in [1.82, 2.24) is 83.6 Å². The third-order valence-corrected chi connectivity index (χ3v) is 23.6. The first kappa shape index (κ1) is 95.6. The summed E-state index contributed by atoms with van der Waals surface area (Å²) in [7, 11) is 0. The Bertz CT molecular complexity index is 4440. The Hall–Kier alpha value is -11.9. The molecule has 15 atom stereocenters. The van der Waals surface area contributed by atoms with E-state index < -0.39 is 229 Å². The predicted octanol–water partition coefficient (Wildman–Crippen LogP) is -3.35. The Morgan fingerprint density at radius 2 is 1.25 bits per heavy atom. The minimum Gasteiger partial charge on any atom is -0.481 e. The van der Waals surface area contributed by atoms with Gasteiger partial charge in [0, 0.05) is 81.4 Å². The molecule has 22 N–H and O–H groups in total. The number of fused-ring (bicyclic) bond motifs is 4. The van der Waals surface area contributed by atoms with Crippen LogP contribution in [0.15, 0.2) is 97.5 Å². The normalized spacial score (nSPS) is 22.6. The first-order chi connectivity index (χ1) is 58.1. The van der Waals surface area contributed by atoms with E-state index in [0.717, 1.165) is 18.7 Å². The number of H-pyrrole nitrogens is 1. The molecule has 3 aromatic carbocycles. The number of carbonyl (C=O) groups is 17. The number of nitrogens with zero attached hydrogens (tertiary/aromatic N) is 3. The van der Waals surface area contributed by atoms with Crippen LogP contribution in [-0.2, 0) is 112 Å². The van der Waals surface area contributed by atoms with Gasteiger partial charge in [-0.25, -0.2) is 4.98 Å². The number of nitrogens with one attached hydrogen (secondary N) is 14. The number of benzene rings is 3. The molecule has 4 aliphatic rings. The molecule has 3 fully saturated rings. The summed E-state index contributed by atoms with van der Waals surface area (Å²) in [4.78, 5) is 249. The number of hydrogen-bond donors (Lipinski definition) is 20. The maximum absolute atomic E-state index is 15.5. The summed E-state index contributed by atoms with van der Waals surface area (Å²) in [5.41, 5.74) is 10.8. The topological polar surface area (TPSA) is 627 Å². The number of carboxylic acid groups (broad SMARTS) is 3. The Labute approximate surface area is 714 Å². The number of primary amides is 1. The van der Waals surface area contributed by atoms with Crippen LogP contribution in [0.2, 0.25) is 0 Å². The number of nitrogens with two attached hydrogens (primary N) is 2. The van der Waals surface area contributed by atoms with Crippen LogP contribution in [0.4, 0.5) is 0 Å². The number of carbonyl (C=O) groups excluding carboxylic acids is 14. The second-order valence-corrected chi connectivity index (χ2v) is 33.1. The van der Waals surface area contributed by atoms with E-state index in [4.69, 9.17) is 16.9 Å². The molecule has 2 bridgehead atoms. The van der Waals surface area contributed by atoms with Gasteiger partial charge in [-0.3, -0.25) is 86.9 Å². The number of guanidine groups is 1. The molecule has 1 aromatic heterocycles. The van der Waals surface area contributed by atoms with Gasteiger partial charge in [-0.05, 0) is 99.0 Å².